The molecule has 28 heavy (non-hydrogen) atoms. The molecule has 3 rings (SSSR count). The number of para-hydroxylation sites is 1. The van der Waals surface area contributed by atoms with Crippen molar-refractivity contribution in [2.24, 2.45) is 0 Å². The number of nitrogens with one attached hydrogen (secondary N) is 1. The topological polar surface area (TPSA) is 102 Å². The number of carbonyl (C=O) groups excluding carboxylic acids is 2. The van der Waals surface area contributed by atoms with Crippen LogP contribution in [0.1, 0.15) is 32.0 Å². The summed E-state index contributed by atoms with van der Waals surface area (Å²) < 4.78 is 15.8. The first-order chi connectivity index (χ1) is 13.5. The quantitative estimate of drug-likeness (QED) is 0.667. The van der Waals surface area contributed by atoms with Crippen molar-refractivity contribution >= 4 is 17.8 Å². The van der Waals surface area contributed by atoms with Crippen LogP contribution in [0.4, 0.5) is 5.88 Å². The van der Waals surface area contributed by atoms with E-state index in [-0.39, 0.29) is 22.8 Å². The summed E-state index contributed by atoms with van der Waals surface area (Å²) in [4.78, 5) is 24.4. The highest BCUT2D eigenvalue weighted by Crippen LogP contribution is 2.28. The van der Waals surface area contributed by atoms with Gasteiger partial charge in [0.25, 0.3) is 5.91 Å². The van der Waals surface area contributed by atoms with Gasteiger partial charge in [-0.3, -0.25) is 10.1 Å². The van der Waals surface area contributed by atoms with Gasteiger partial charge in [0.1, 0.15) is 34.5 Å². The maximum Gasteiger partial charge on any atom is 0.342 e. The Morgan fingerprint density at radius 1 is 1.07 bits per heavy atom. The number of furan rings is 1. The number of nitriles is 1. The van der Waals surface area contributed by atoms with Gasteiger partial charge in [-0.25, -0.2) is 4.79 Å². The van der Waals surface area contributed by atoms with Gasteiger partial charge >= 0.3 is 5.97 Å². The maximum absolute atomic E-state index is 12.6. The Labute approximate surface area is 161 Å². The zero-order valence-electron chi connectivity index (χ0n) is 15.2. The van der Waals surface area contributed by atoms with E-state index in [1.54, 1.807) is 36.4 Å². The highest BCUT2D eigenvalue weighted by atomic mass is 16.5. The summed E-state index contributed by atoms with van der Waals surface area (Å²) in [5, 5.41) is 11.9. The normalized spacial score (nSPS) is 10.0. The van der Waals surface area contributed by atoms with E-state index in [2.05, 4.69) is 10.1 Å². The molecule has 7 heteroatoms. The zero-order valence-corrected chi connectivity index (χ0v) is 15.2. The monoisotopic (exact) mass is 376 g/mol. The molecule has 2 aromatic carbocycles. The average Bonchev–Trinajstić information content (AvgIpc) is 3.03. The summed E-state index contributed by atoms with van der Waals surface area (Å²) in [5.74, 6) is -0.0437. The minimum Gasteiger partial charge on any atom is -0.465 e. The van der Waals surface area contributed by atoms with Gasteiger partial charge in [0.15, 0.2) is 0 Å². The Bertz CT molecular complexity index is 1060. The van der Waals surface area contributed by atoms with Gasteiger partial charge in [-0.1, -0.05) is 24.3 Å². The molecule has 0 aliphatic heterocycles. The summed E-state index contributed by atoms with van der Waals surface area (Å²) in [5.41, 5.74) is 0.196. The van der Waals surface area contributed by atoms with Gasteiger partial charge < -0.3 is 13.9 Å². The number of rotatable bonds is 5. The molecule has 0 spiro atoms. The highest BCUT2D eigenvalue weighted by Gasteiger charge is 2.25. The fraction of sp³-hybridized carbons (Fsp3) is 0.0952. The van der Waals surface area contributed by atoms with Crippen molar-refractivity contribution < 1.29 is 23.5 Å². The summed E-state index contributed by atoms with van der Waals surface area (Å²) in [6, 6.07) is 17.6. The zero-order chi connectivity index (χ0) is 20.1. The van der Waals surface area contributed by atoms with Gasteiger partial charge in [-0.05, 0) is 37.3 Å². The van der Waals surface area contributed by atoms with Crippen LogP contribution in [0, 0.1) is 18.3 Å². The lowest BCUT2D eigenvalue weighted by atomic mass is 10.1. The molecule has 3 aromatic rings. The van der Waals surface area contributed by atoms with Crippen LogP contribution in [0.25, 0.3) is 0 Å². The largest absolute Gasteiger partial charge is 0.465 e. The number of ether oxygens (including phenoxy) is 2. The molecule has 140 valence electrons. The third-order valence-corrected chi connectivity index (χ3v) is 3.89. The first kappa shape index (κ1) is 18.7. The van der Waals surface area contributed by atoms with E-state index in [1.807, 2.05) is 24.3 Å². The Morgan fingerprint density at radius 3 is 2.46 bits per heavy atom. The number of aryl methyl sites for hydroxylation is 1. The maximum atomic E-state index is 12.6. The van der Waals surface area contributed by atoms with Crippen molar-refractivity contribution in [2.45, 2.75) is 6.92 Å². The lowest BCUT2D eigenvalue weighted by Gasteiger charge is -2.07. The average molecular weight is 376 g/mol. The third kappa shape index (κ3) is 3.86. The number of amides is 1. The molecule has 1 aromatic heterocycles. The van der Waals surface area contributed by atoms with E-state index in [9.17, 15) is 14.9 Å². The molecule has 7 nitrogen and oxygen atoms in total. The lowest BCUT2D eigenvalue weighted by Crippen LogP contribution is -2.12. The van der Waals surface area contributed by atoms with E-state index >= 15 is 0 Å². The van der Waals surface area contributed by atoms with Crippen LogP contribution >= 0.6 is 0 Å². The predicted octanol–water partition coefficient (Wildman–Crippen LogP) is 4.29. The highest BCUT2D eigenvalue weighted by molar-refractivity contribution is 6.05. The van der Waals surface area contributed by atoms with Gasteiger partial charge in [0.2, 0.25) is 5.88 Å². The second-order valence-electron chi connectivity index (χ2n) is 5.74. The summed E-state index contributed by atoms with van der Waals surface area (Å²) >= 11 is 0. The van der Waals surface area contributed by atoms with E-state index in [1.165, 1.54) is 14.0 Å². The Morgan fingerprint density at radius 2 is 1.79 bits per heavy atom. The van der Waals surface area contributed by atoms with Crippen molar-refractivity contribution in [3.05, 3.63) is 77.0 Å². The molecule has 0 unspecified atom stereocenters. The minimum atomic E-state index is -0.712. The Hall–Kier alpha value is -4.05. The SMILES string of the molecule is COC(=O)c1c(C)oc(NC(=O)c2cccc(Oc3ccccc3)c2)c1C#N. The van der Waals surface area contributed by atoms with Gasteiger partial charge in [0, 0.05) is 5.56 Å². The van der Waals surface area contributed by atoms with Gasteiger partial charge in [0.05, 0.1) is 7.11 Å². The Balaban J connectivity index is 1.83. The number of hydrogen-bond donors (Lipinski definition) is 1. The number of carbonyl (C=O) groups is 2. The van der Waals surface area contributed by atoms with Crippen LogP contribution in [0.3, 0.4) is 0 Å². The van der Waals surface area contributed by atoms with Crippen molar-refractivity contribution in [3.63, 3.8) is 0 Å². The number of benzene rings is 2. The molecule has 0 aliphatic rings. The molecule has 0 bridgehead atoms. The molecule has 0 fully saturated rings. The van der Waals surface area contributed by atoms with Gasteiger partial charge in [-0.2, -0.15) is 5.26 Å². The van der Waals surface area contributed by atoms with Gasteiger partial charge in [-0.15, -0.1) is 0 Å². The molecule has 1 N–H and O–H groups in total. The van der Waals surface area contributed by atoms with E-state index < -0.39 is 11.9 Å². The van der Waals surface area contributed by atoms with Crippen LogP contribution in [0.5, 0.6) is 11.5 Å². The summed E-state index contributed by atoms with van der Waals surface area (Å²) in [6.07, 6.45) is 0. The molecule has 0 radical (unpaired) electrons. The second kappa shape index (κ2) is 8.10. The fourth-order valence-electron chi connectivity index (χ4n) is 2.59. The number of esters is 1. The number of anilines is 1. The summed E-state index contributed by atoms with van der Waals surface area (Å²) in [7, 11) is 1.20. The molecule has 0 saturated carbocycles. The Kier molecular flexibility index (Phi) is 5.42. The second-order valence-corrected chi connectivity index (χ2v) is 5.74. The minimum absolute atomic E-state index is 0.0125. The van der Waals surface area contributed by atoms with Crippen molar-refractivity contribution in [3.8, 4) is 17.6 Å². The van der Waals surface area contributed by atoms with Crippen LogP contribution < -0.4 is 10.1 Å². The third-order valence-electron chi connectivity index (χ3n) is 3.89. The molecular formula is C21H16N2O5. The molecular weight excluding hydrogens is 360 g/mol. The molecule has 1 amide bonds. The van der Waals surface area contributed by atoms with Crippen molar-refractivity contribution in [2.75, 3.05) is 12.4 Å². The number of nitrogens with zero attached hydrogens (tertiary/aromatic N) is 1. The number of methoxy groups -OCH3 is 1. The van der Waals surface area contributed by atoms with Crippen LogP contribution in [-0.2, 0) is 4.74 Å². The summed E-state index contributed by atoms with van der Waals surface area (Å²) in [6.45, 7) is 1.51. The molecule has 0 aliphatic carbocycles. The van der Waals surface area contributed by atoms with Crippen LogP contribution in [-0.4, -0.2) is 19.0 Å². The van der Waals surface area contributed by atoms with E-state index in [4.69, 9.17) is 9.15 Å². The van der Waals surface area contributed by atoms with Crippen LogP contribution in [0.15, 0.2) is 59.0 Å². The number of hydrogen-bond acceptors (Lipinski definition) is 6. The van der Waals surface area contributed by atoms with Crippen molar-refractivity contribution in [1.29, 1.82) is 5.26 Å². The van der Waals surface area contributed by atoms with Crippen molar-refractivity contribution in [1.82, 2.24) is 0 Å². The fourth-order valence-corrected chi connectivity index (χ4v) is 2.59. The predicted molar refractivity (Wildman–Crippen MR) is 100 cm³/mol. The molecule has 0 atom stereocenters. The molecule has 1 heterocycles. The molecule has 0 saturated heterocycles. The first-order valence-corrected chi connectivity index (χ1v) is 8.29. The van der Waals surface area contributed by atoms with Crippen LogP contribution in [0.2, 0.25) is 0 Å². The standard InChI is InChI=1S/C21H16N2O5/c1-13-18(21(25)26-2)17(12-22)20(27-13)23-19(24)14-7-6-10-16(11-14)28-15-8-4-3-5-9-15/h3-11H,1-2H3,(H,23,24). The first-order valence-electron chi connectivity index (χ1n) is 8.29. The van der Waals surface area contributed by atoms with E-state index in [0.717, 1.165) is 0 Å². The smallest absolute Gasteiger partial charge is 0.342 e. The lowest BCUT2D eigenvalue weighted by molar-refractivity contribution is 0.0598. The van der Waals surface area contributed by atoms with E-state index in [0.29, 0.717) is 17.1 Å².